The zero-order valence-electron chi connectivity index (χ0n) is 14.2. The van der Waals surface area contributed by atoms with Crippen LogP contribution in [-0.4, -0.2) is 47.9 Å². The highest BCUT2D eigenvalue weighted by molar-refractivity contribution is 7.16. The van der Waals surface area contributed by atoms with Gasteiger partial charge < -0.3 is 5.73 Å². The van der Waals surface area contributed by atoms with Crippen molar-refractivity contribution in [2.75, 3.05) is 26.2 Å². The third kappa shape index (κ3) is 4.82. The Morgan fingerprint density at radius 1 is 1.12 bits per heavy atom. The summed E-state index contributed by atoms with van der Waals surface area (Å²) in [7, 11) is 0. The van der Waals surface area contributed by atoms with E-state index >= 15 is 0 Å². The number of hydrogen-bond acceptors (Lipinski definition) is 5. The average molecular weight is 393 g/mol. The highest BCUT2D eigenvalue weighted by atomic mass is 35.5. The molecule has 3 amide bonds. The van der Waals surface area contributed by atoms with E-state index in [-0.39, 0.29) is 5.91 Å². The molecule has 6 nitrogen and oxygen atoms in total. The van der Waals surface area contributed by atoms with Crippen LogP contribution in [0.3, 0.4) is 0 Å². The summed E-state index contributed by atoms with van der Waals surface area (Å²) in [6.07, 6.45) is 0. The summed E-state index contributed by atoms with van der Waals surface area (Å²) >= 11 is 7.59. The van der Waals surface area contributed by atoms with E-state index in [9.17, 15) is 9.59 Å². The van der Waals surface area contributed by atoms with Crippen LogP contribution in [0.25, 0.3) is 0 Å². The molecule has 8 heteroatoms. The van der Waals surface area contributed by atoms with E-state index in [1.807, 2.05) is 42.5 Å². The lowest BCUT2D eigenvalue weighted by Gasteiger charge is -2.38. The lowest BCUT2D eigenvalue weighted by Crippen LogP contribution is -2.51. The van der Waals surface area contributed by atoms with E-state index in [4.69, 9.17) is 17.3 Å². The molecule has 1 saturated heterocycles. The summed E-state index contributed by atoms with van der Waals surface area (Å²) in [4.78, 5) is 29.3. The van der Waals surface area contributed by atoms with Crippen LogP contribution in [0.2, 0.25) is 4.34 Å². The number of thiophene rings is 1. The maximum Gasteiger partial charge on any atom is 0.318 e. The Labute approximate surface area is 161 Å². The van der Waals surface area contributed by atoms with Gasteiger partial charge in [0, 0.05) is 37.6 Å². The molecule has 1 atom stereocenters. The second-order valence-corrected chi connectivity index (χ2v) is 7.98. The predicted molar refractivity (Wildman–Crippen MR) is 103 cm³/mol. The number of halogens is 1. The van der Waals surface area contributed by atoms with Crippen LogP contribution in [0, 0.1) is 0 Å². The first kappa shape index (κ1) is 18.8. The van der Waals surface area contributed by atoms with E-state index in [1.165, 1.54) is 4.88 Å². The zero-order chi connectivity index (χ0) is 18.5. The third-order valence-electron chi connectivity index (χ3n) is 4.39. The lowest BCUT2D eigenvalue weighted by atomic mass is 10.0. The van der Waals surface area contributed by atoms with Crippen molar-refractivity contribution < 1.29 is 9.59 Å². The van der Waals surface area contributed by atoms with Gasteiger partial charge in [-0.25, -0.2) is 4.79 Å². The molecule has 2 aromatic rings. The number of carbonyl (C=O) groups excluding carboxylic acids is 2. The molecular formula is C18H21ClN4O2S. The SMILES string of the molecule is NC(=O)NC(=O)[C@H](c1ccccc1)N1CCN(Cc2ccc(Cl)s2)CC1. The van der Waals surface area contributed by atoms with Crippen LogP contribution in [0.4, 0.5) is 4.79 Å². The van der Waals surface area contributed by atoms with Crippen LogP contribution in [0.15, 0.2) is 42.5 Å². The summed E-state index contributed by atoms with van der Waals surface area (Å²) in [5.41, 5.74) is 5.99. The first-order chi connectivity index (χ1) is 12.5. The van der Waals surface area contributed by atoms with Gasteiger partial charge in [0.2, 0.25) is 5.91 Å². The second kappa shape index (κ2) is 8.64. The molecule has 0 saturated carbocycles. The van der Waals surface area contributed by atoms with Crippen LogP contribution >= 0.6 is 22.9 Å². The van der Waals surface area contributed by atoms with E-state index in [2.05, 4.69) is 15.1 Å². The highest BCUT2D eigenvalue weighted by Crippen LogP contribution is 2.25. The Bertz CT molecular complexity index is 760. The van der Waals surface area contributed by atoms with Gasteiger partial charge in [-0.2, -0.15) is 0 Å². The number of rotatable bonds is 5. The van der Waals surface area contributed by atoms with Crippen molar-refractivity contribution >= 4 is 34.9 Å². The normalized spacial score (nSPS) is 17.0. The first-order valence-electron chi connectivity index (χ1n) is 8.39. The van der Waals surface area contributed by atoms with E-state index in [0.29, 0.717) is 0 Å². The van der Waals surface area contributed by atoms with Crippen molar-refractivity contribution in [3.05, 3.63) is 57.2 Å². The molecule has 1 aromatic carbocycles. The van der Waals surface area contributed by atoms with Gasteiger partial charge in [0.1, 0.15) is 6.04 Å². The van der Waals surface area contributed by atoms with Crippen molar-refractivity contribution in [2.45, 2.75) is 12.6 Å². The molecule has 0 unspecified atom stereocenters. The Morgan fingerprint density at radius 2 is 1.81 bits per heavy atom. The number of primary amides is 1. The molecule has 0 radical (unpaired) electrons. The molecule has 0 bridgehead atoms. The van der Waals surface area contributed by atoms with Crippen LogP contribution in [-0.2, 0) is 11.3 Å². The van der Waals surface area contributed by atoms with Crippen LogP contribution < -0.4 is 11.1 Å². The smallest absolute Gasteiger partial charge is 0.318 e. The van der Waals surface area contributed by atoms with Crippen LogP contribution in [0.5, 0.6) is 0 Å². The van der Waals surface area contributed by atoms with E-state index in [0.717, 1.165) is 42.6 Å². The summed E-state index contributed by atoms with van der Waals surface area (Å²) in [5.74, 6) is -0.387. The van der Waals surface area contributed by atoms with E-state index in [1.54, 1.807) is 11.3 Å². The fraction of sp³-hybridized carbons (Fsp3) is 0.333. The first-order valence-corrected chi connectivity index (χ1v) is 9.58. The standard InChI is InChI=1S/C18H21ClN4O2S/c19-15-7-6-14(26-15)12-22-8-10-23(11-9-22)16(17(24)21-18(20)25)13-4-2-1-3-5-13/h1-7,16H,8-12H2,(H3,20,21,24,25)/t16-/m0/s1. The van der Waals surface area contributed by atoms with Crippen molar-refractivity contribution in [3.63, 3.8) is 0 Å². The predicted octanol–water partition coefficient (Wildman–Crippen LogP) is 2.46. The monoisotopic (exact) mass is 392 g/mol. The minimum atomic E-state index is -0.829. The lowest BCUT2D eigenvalue weighted by molar-refractivity contribution is -0.126. The number of amides is 3. The fourth-order valence-corrected chi connectivity index (χ4v) is 4.32. The quantitative estimate of drug-likeness (QED) is 0.819. The fourth-order valence-electron chi connectivity index (χ4n) is 3.19. The molecule has 1 aliphatic rings. The Balaban J connectivity index is 1.66. The number of benzene rings is 1. The van der Waals surface area contributed by atoms with Gasteiger partial charge in [-0.3, -0.25) is 19.9 Å². The number of imide groups is 1. The minimum Gasteiger partial charge on any atom is -0.351 e. The van der Waals surface area contributed by atoms with Gasteiger partial charge in [0.25, 0.3) is 0 Å². The van der Waals surface area contributed by atoms with Crippen molar-refractivity contribution in [2.24, 2.45) is 5.73 Å². The maximum absolute atomic E-state index is 12.5. The van der Waals surface area contributed by atoms with Gasteiger partial charge in [-0.05, 0) is 17.7 Å². The second-order valence-electron chi connectivity index (χ2n) is 6.18. The average Bonchev–Trinajstić information content (AvgIpc) is 3.02. The number of piperazine rings is 1. The minimum absolute atomic E-state index is 0.387. The summed E-state index contributed by atoms with van der Waals surface area (Å²) in [6, 6.07) is 12.1. The molecule has 1 aliphatic heterocycles. The van der Waals surface area contributed by atoms with Crippen molar-refractivity contribution in [1.29, 1.82) is 0 Å². The molecule has 3 N–H and O–H groups in total. The number of nitrogens with one attached hydrogen (secondary N) is 1. The summed E-state index contributed by atoms with van der Waals surface area (Å²) in [5, 5.41) is 2.22. The number of nitrogens with zero attached hydrogens (tertiary/aromatic N) is 2. The van der Waals surface area contributed by atoms with Crippen LogP contribution in [0.1, 0.15) is 16.5 Å². The van der Waals surface area contributed by atoms with Gasteiger partial charge in [0.05, 0.1) is 4.34 Å². The topological polar surface area (TPSA) is 78.7 Å². The number of hydrogen-bond donors (Lipinski definition) is 2. The number of carbonyl (C=O) groups is 2. The molecule has 0 spiro atoms. The molecule has 1 fully saturated rings. The van der Waals surface area contributed by atoms with Gasteiger partial charge in [-0.1, -0.05) is 41.9 Å². The number of urea groups is 1. The molecular weight excluding hydrogens is 372 g/mol. The molecule has 26 heavy (non-hydrogen) atoms. The summed E-state index contributed by atoms with van der Waals surface area (Å²) in [6.45, 7) is 3.98. The molecule has 3 rings (SSSR count). The maximum atomic E-state index is 12.5. The van der Waals surface area contributed by atoms with Gasteiger partial charge in [-0.15, -0.1) is 11.3 Å². The van der Waals surface area contributed by atoms with Gasteiger partial charge in [0.15, 0.2) is 0 Å². The van der Waals surface area contributed by atoms with Gasteiger partial charge >= 0.3 is 6.03 Å². The molecule has 1 aromatic heterocycles. The largest absolute Gasteiger partial charge is 0.351 e. The van der Waals surface area contributed by atoms with Crippen molar-refractivity contribution in [1.82, 2.24) is 15.1 Å². The third-order valence-corrected chi connectivity index (χ3v) is 5.61. The van der Waals surface area contributed by atoms with Crippen molar-refractivity contribution in [3.8, 4) is 0 Å². The Morgan fingerprint density at radius 3 is 2.38 bits per heavy atom. The zero-order valence-corrected chi connectivity index (χ0v) is 15.8. The molecule has 0 aliphatic carbocycles. The number of nitrogens with two attached hydrogens (primary N) is 1. The Kier molecular flexibility index (Phi) is 6.26. The van der Waals surface area contributed by atoms with E-state index < -0.39 is 12.1 Å². The molecule has 2 heterocycles. The highest BCUT2D eigenvalue weighted by Gasteiger charge is 2.31. The molecule has 138 valence electrons. The Hall–Kier alpha value is -1.93. The summed E-state index contributed by atoms with van der Waals surface area (Å²) < 4.78 is 0.797.